The Kier molecular flexibility index (Phi) is 4.62. The van der Waals surface area contributed by atoms with E-state index in [1.807, 2.05) is 6.08 Å². The van der Waals surface area contributed by atoms with E-state index >= 15 is 0 Å². The third-order valence-electron chi connectivity index (χ3n) is 4.36. The van der Waals surface area contributed by atoms with Gasteiger partial charge in [0.1, 0.15) is 17.7 Å². The van der Waals surface area contributed by atoms with Crippen LogP contribution >= 0.6 is 11.8 Å². The van der Waals surface area contributed by atoms with E-state index in [0.717, 1.165) is 11.5 Å². The maximum atomic E-state index is 14.6. The van der Waals surface area contributed by atoms with Crippen LogP contribution in [0.4, 0.5) is 19.3 Å². The highest BCUT2D eigenvalue weighted by Crippen LogP contribution is 2.33. The maximum Gasteiger partial charge on any atom is 0.414 e. The van der Waals surface area contributed by atoms with E-state index in [4.69, 9.17) is 4.74 Å². The van der Waals surface area contributed by atoms with Gasteiger partial charge in [-0.2, -0.15) is 11.8 Å². The summed E-state index contributed by atoms with van der Waals surface area (Å²) in [4.78, 5) is 13.4. The molecule has 2 aromatic rings. The lowest BCUT2D eigenvalue weighted by atomic mass is 10.0. The third-order valence-corrected chi connectivity index (χ3v) is 5.25. The Morgan fingerprint density at radius 1 is 1.31 bits per heavy atom. The van der Waals surface area contributed by atoms with E-state index in [1.165, 1.54) is 23.2 Å². The average molecular weight is 378 g/mol. The summed E-state index contributed by atoms with van der Waals surface area (Å²) in [6, 6.07) is 2.39. The lowest BCUT2D eigenvalue weighted by molar-refractivity contribution is 0.129. The number of halogens is 2. The molecule has 1 unspecified atom stereocenters. The number of cyclic esters (lactones) is 1. The molecule has 6 nitrogen and oxygen atoms in total. The number of allylic oxidation sites excluding steroid dienone is 1. The largest absolute Gasteiger partial charge is 0.442 e. The van der Waals surface area contributed by atoms with E-state index in [1.54, 1.807) is 22.6 Å². The van der Waals surface area contributed by atoms with Crippen molar-refractivity contribution >= 4 is 29.1 Å². The van der Waals surface area contributed by atoms with Gasteiger partial charge in [0.15, 0.2) is 0 Å². The zero-order valence-electron chi connectivity index (χ0n) is 13.8. The SMILES string of the molecule is O=C1OC(Cn2ccnn2)CN1c1cc(F)c(C2=CCSCC2)c(F)c1. The quantitative estimate of drug-likeness (QED) is 0.818. The van der Waals surface area contributed by atoms with Crippen LogP contribution in [0.15, 0.2) is 30.6 Å². The highest BCUT2D eigenvalue weighted by atomic mass is 32.2. The van der Waals surface area contributed by atoms with E-state index in [-0.39, 0.29) is 17.8 Å². The van der Waals surface area contributed by atoms with Crippen LogP contribution in [-0.2, 0) is 11.3 Å². The van der Waals surface area contributed by atoms with E-state index < -0.39 is 23.8 Å². The number of aromatic nitrogens is 3. The molecule has 26 heavy (non-hydrogen) atoms. The van der Waals surface area contributed by atoms with Gasteiger partial charge < -0.3 is 4.74 Å². The van der Waals surface area contributed by atoms with Gasteiger partial charge in [-0.05, 0) is 29.9 Å². The number of anilines is 1. The molecule has 2 aliphatic heterocycles. The monoisotopic (exact) mass is 378 g/mol. The Labute approximate surface area is 152 Å². The summed E-state index contributed by atoms with van der Waals surface area (Å²) in [6.07, 6.45) is 4.57. The van der Waals surface area contributed by atoms with Crippen LogP contribution in [0.2, 0.25) is 0 Å². The van der Waals surface area contributed by atoms with Crippen LogP contribution in [0.25, 0.3) is 5.57 Å². The average Bonchev–Trinajstić information content (AvgIpc) is 3.25. The highest BCUT2D eigenvalue weighted by Gasteiger charge is 2.34. The molecule has 1 amide bonds. The highest BCUT2D eigenvalue weighted by molar-refractivity contribution is 7.99. The van der Waals surface area contributed by atoms with E-state index in [0.29, 0.717) is 18.5 Å². The second kappa shape index (κ2) is 7.06. The van der Waals surface area contributed by atoms with Gasteiger partial charge in [0.25, 0.3) is 0 Å². The molecule has 4 rings (SSSR count). The molecule has 0 saturated carbocycles. The summed E-state index contributed by atoms with van der Waals surface area (Å²) >= 11 is 1.73. The van der Waals surface area contributed by atoms with Gasteiger partial charge in [0.05, 0.1) is 25.0 Å². The number of hydrogen-bond acceptors (Lipinski definition) is 5. The fourth-order valence-electron chi connectivity index (χ4n) is 3.14. The van der Waals surface area contributed by atoms with Crippen molar-refractivity contribution in [2.75, 3.05) is 23.0 Å². The van der Waals surface area contributed by atoms with Crippen LogP contribution in [0, 0.1) is 11.6 Å². The molecule has 1 atom stereocenters. The number of ether oxygens (including phenoxy) is 1. The van der Waals surface area contributed by atoms with Gasteiger partial charge in [-0.15, -0.1) is 5.10 Å². The van der Waals surface area contributed by atoms with Crippen LogP contribution in [0.3, 0.4) is 0 Å². The topological polar surface area (TPSA) is 60.3 Å². The standard InChI is InChI=1S/C17H16F2N4O2S/c18-14-7-12(8-15(19)16(14)11-1-5-26-6-2-11)23-10-13(25-17(23)24)9-22-4-3-20-21-22/h1,3-4,7-8,13H,2,5-6,9-10H2. The van der Waals surface area contributed by atoms with Crippen molar-refractivity contribution in [3.05, 3.63) is 47.8 Å². The van der Waals surface area contributed by atoms with Crippen molar-refractivity contribution in [3.63, 3.8) is 0 Å². The molecule has 0 bridgehead atoms. The molecule has 136 valence electrons. The summed E-state index contributed by atoms with van der Waals surface area (Å²) < 4.78 is 36.0. The molecule has 0 spiro atoms. The second-order valence-electron chi connectivity index (χ2n) is 6.08. The molecule has 1 aromatic heterocycles. The van der Waals surface area contributed by atoms with Crippen LogP contribution in [-0.4, -0.2) is 45.2 Å². The number of carbonyl (C=O) groups is 1. The van der Waals surface area contributed by atoms with Crippen molar-refractivity contribution < 1.29 is 18.3 Å². The first-order valence-corrected chi connectivity index (χ1v) is 9.36. The Hall–Kier alpha value is -2.42. The van der Waals surface area contributed by atoms with Crippen LogP contribution in [0.1, 0.15) is 12.0 Å². The van der Waals surface area contributed by atoms with Crippen molar-refractivity contribution in [1.29, 1.82) is 0 Å². The summed E-state index contributed by atoms with van der Waals surface area (Å²) in [5, 5.41) is 7.51. The first-order chi connectivity index (χ1) is 12.6. The van der Waals surface area contributed by atoms with Crippen molar-refractivity contribution in [2.24, 2.45) is 0 Å². The normalized spacial score (nSPS) is 20.2. The molecule has 1 fully saturated rings. The first-order valence-electron chi connectivity index (χ1n) is 8.20. The smallest absolute Gasteiger partial charge is 0.414 e. The van der Waals surface area contributed by atoms with Gasteiger partial charge in [-0.1, -0.05) is 11.3 Å². The molecule has 2 aliphatic rings. The molecule has 1 saturated heterocycles. The van der Waals surface area contributed by atoms with Gasteiger partial charge in [-0.25, -0.2) is 18.3 Å². The van der Waals surface area contributed by atoms with Gasteiger partial charge >= 0.3 is 6.09 Å². The minimum absolute atomic E-state index is 0.000722. The van der Waals surface area contributed by atoms with Gasteiger partial charge in [0, 0.05) is 17.5 Å². The van der Waals surface area contributed by atoms with Crippen LogP contribution < -0.4 is 4.90 Å². The van der Waals surface area contributed by atoms with Crippen molar-refractivity contribution in [3.8, 4) is 0 Å². The number of benzene rings is 1. The predicted molar refractivity (Wildman–Crippen MR) is 93.9 cm³/mol. The number of amides is 1. The first kappa shape index (κ1) is 17.0. The van der Waals surface area contributed by atoms with Crippen LogP contribution in [0.5, 0.6) is 0 Å². The number of carbonyl (C=O) groups excluding carboxylic acids is 1. The summed E-state index contributed by atoms with van der Waals surface area (Å²) in [6.45, 7) is 0.520. The Bertz CT molecular complexity index is 833. The predicted octanol–water partition coefficient (Wildman–Crippen LogP) is 3.10. The van der Waals surface area contributed by atoms with E-state index in [9.17, 15) is 13.6 Å². The summed E-state index contributed by atoms with van der Waals surface area (Å²) in [7, 11) is 0. The molecular weight excluding hydrogens is 362 g/mol. The number of thioether (sulfide) groups is 1. The molecule has 1 aromatic carbocycles. The van der Waals surface area contributed by atoms with Gasteiger partial charge in [-0.3, -0.25) is 4.90 Å². The summed E-state index contributed by atoms with van der Waals surface area (Å²) in [5.74, 6) is 0.268. The Balaban J connectivity index is 1.56. The fourth-order valence-corrected chi connectivity index (χ4v) is 3.99. The third kappa shape index (κ3) is 3.31. The molecular formula is C17H16F2N4O2S. The minimum Gasteiger partial charge on any atom is -0.442 e. The number of rotatable bonds is 4. The Morgan fingerprint density at radius 3 is 2.77 bits per heavy atom. The van der Waals surface area contributed by atoms with Gasteiger partial charge in [0.2, 0.25) is 0 Å². The zero-order valence-corrected chi connectivity index (χ0v) is 14.6. The Morgan fingerprint density at radius 2 is 2.12 bits per heavy atom. The van der Waals surface area contributed by atoms with Crippen molar-refractivity contribution in [2.45, 2.75) is 19.1 Å². The van der Waals surface area contributed by atoms with E-state index in [2.05, 4.69) is 10.3 Å². The molecule has 0 aliphatic carbocycles. The maximum absolute atomic E-state index is 14.6. The molecule has 0 radical (unpaired) electrons. The second-order valence-corrected chi connectivity index (χ2v) is 7.23. The fraction of sp³-hybridized carbons (Fsp3) is 0.353. The molecule has 9 heteroatoms. The lowest BCUT2D eigenvalue weighted by Crippen LogP contribution is -2.26. The summed E-state index contributed by atoms with van der Waals surface area (Å²) in [5.41, 5.74) is 0.833. The lowest BCUT2D eigenvalue weighted by Gasteiger charge is -2.18. The van der Waals surface area contributed by atoms with Crippen molar-refractivity contribution in [1.82, 2.24) is 15.0 Å². The number of hydrogen-bond donors (Lipinski definition) is 0. The minimum atomic E-state index is -0.661. The zero-order chi connectivity index (χ0) is 18.1. The molecule has 0 N–H and O–H groups in total. The number of nitrogens with zero attached hydrogens (tertiary/aromatic N) is 4. The molecule has 3 heterocycles.